The van der Waals surface area contributed by atoms with Crippen LogP contribution >= 0.6 is 0 Å². The molecule has 3 aromatic rings. The van der Waals surface area contributed by atoms with Crippen LogP contribution in [0.4, 0.5) is 11.5 Å². The Bertz CT molecular complexity index is 938. The first-order chi connectivity index (χ1) is 11.7. The van der Waals surface area contributed by atoms with Gasteiger partial charge < -0.3 is 14.7 Å². The van der Waals surface area contributed by atoms with Gasteiger partial charge in [0.2, 0.25) is 0 Å². The van der Waals surface area contributed by atoms with Crippen molar-refractivity contribution in [2.75, 3.05) is 5.32 Å². The number of aldehydes is 1. The maximum absolute atomic E-state index is 11.0. The molecule has 6 heteroatoms. The standard InChI is InChI=1S/C18H17N5O/c1-3-12-6-13(14(8-19)10-24)4-5-15(12)22-18-7-17-16(9-20-18)21-11-23(17)2/h4-7,9-11,14H,3H2,1-2H3,(H,20,22). The minimum Gasteiger partial charge on any atom is -0.340 e. The van der Waals surface area contributed by atoms with Gasteiger partial charge >= 0.3 is 0 Å². The van der Waals surface area contributed by atoms with E-state index in [0.717, 1.165) is 34.5 Å². The van der Waals surface area contributed by atoms with Crippen molar-refractivity contribution in [3.63, 3.8) is 0 Å². The number of nitrogens with zero attached hydrogens (tertiary/aromatic N) is 4. The van der Waals surface area contributed by atoms with Gasteiger partial charge in [0, 0.05) is 18.8 Å². The lowest BCUT2D eigenvalue weighted by molar-refractivity contribution is -0.108. The summed E-state index contributed by atoms with van der Waals surface area (Å²) >= 11 is 0. The lowest BCUT2D eigenvalue weighted by atomic mass is 9.98. The van der Waals surface area contributed by atoms with E-state index >= 15 is 0 Å². The van der Waals surface area contributed by atoms with Crippen LogP contribution in [0.2, 0.25) is 0 Å². The first kappa shape index (κ1) is 15.7. The summed E-state index contributed by atoms with van der Waals surface area (Å²) in [5, 5.41) is 12.3. The molecule has 0 saturated heterocycles. The van der Waals surface area contributed by atoms with Crippen LogP contribution in [0.25, 0.3) is 11.0 Å². The van der Waals surface area contributed by atoms with E-state index in [1.165, 1.54) is 0 Å². The van der Waals surface area contributed by atoms with E-state index in [1.807, 2.05) is 42.8 Å². The molecule has 1 atom stereocenters. The molecule has 120 valence electrons. The van der Waals surface area contributed by atoms with Crippen LogP contribution in [0.3, 0.4) is 0 Å². The summed E-state index contributed by atoms with van der Waals surface area (Å²) in [6.45, 7) is 2.03. The number of rotatable bonds is 5. The molecule has 0 bridgehead atoms. The molecule has 2 heterocycles. The van der Waals surface area contributed by atoms with Crippen molar-refractivity contribution in [2.24, 2.45) is 7.05 Å². The number of fused-ring (bicyclic) bond motifs is 1. The number of pyridine rings is 1. The van der Waals surface area contributed by atoms with Crippen LogP contribution in [0, 0.1) is 11.3 Å². The summed E-state index contributed by atoms with van der Waals surface area (Å²) in [6.07, 6.45) is 4.93. The molecule has 6 nitrogen and oxygen atoms in total. The summed E-state index contributed by atoms with van der Waals surface area (Å²) in [5.74, 6) is -0.00552. The molecule has 0 aliphatic heterocycles. The molecular weight excluding hydrogens is 302 g/mol. The fourth-order valence-electron chi connectivity index (χ4n) is 2.64. The number of carbonyl (C=O) groups is 1. The maximum Gasteiger partial charge on any atom is 0.141 e. The van der Waals surface area contributed by atoms with Gasteiger partial charge in [0.05, 0.1) is 24.1 Å². The zero-order chi connectivity index (χ0) is 17.1. The number of nitrogens with one attached hydrogen (secondary N) is 1. The lowest BCUT2D eigenvalue weighted by Gasteiger charge is -2.13. The summed E-state index contributed by atoms with van der Waals surface area (Å²) in [4.78, 5) is 19.6. The van der Waals surface area contributed by atoms with Gasteiger partial charge in [-0.05, 0) is 23.6 Å². The van der Waals surface area contributed by atoms with Gasteiger partial charge in [-0.2, -0.15) is 5.26 Å². The summed E-state index contributed by atoms with van der Waals surface area (Å²) in [6, 6.07) is 9.53. The minimum absolute atomic E-state index is 0.666. The Hall–Kier alpha value is -3.20. The van der Waals surface area contributed by atoms with Crippen molar-refractivity contribution in [2.45, 2.75) is 19.3 Å². The molecule has 1 unspecified atom stereocenters. The molecule has 1 aromatic carbocycles. The number of carbonyl (C=O) groups excluding carboxylic acids is 1. The number of imidazole rings is 1. The number of benzene rings is 1. The van der Waals surface area contributed by atoms with Gasteiger partial charge in [0.15, 0.2) is 0 Å². The van der Waals surface area contributed by atoms with Crippen molar-refractivity contribution < 1.29 is 4.79 Å². The lowest BCUT2D eigenvalue weighted by Crippen LogP contribution is -2.02. The van der Waals surface area contributed by atoms with Crippen molar-refractivity contribution in [1.29, 1.82) is 5.26 Å². The molecule has 0 fully saturated rings. The second kappa shape index (κ2) is 6.50. The molecule has 0 aliphatic rings. The molecule has 24 heavy (non-hydrogen) atoms. The van der Waals surface area contributed by atoms with Crippen LogP contribution in [0.5, 0.6) is 0 Å². The number of aromatic nitrogens is 3. The third-order valence-corrected chi connectivity index (χ3v) is 4.02. The Balaban J connectivity index is 1.94. The first-order valence-corrected chi connectivity index (χ1v) is 7.68. The molecule has 3 rings (SSSR count). The third kappa shape index (κ3) is 2.84. The summed E-state index contributed by atoms with van der Waals surface area (Å²) in [5.41, 5.74) is 4.49. The molecule has 0 spiro atoms. The van der Waals surface area contributed by atoms with E-state index in [2.05, 4.69) is 15.3 Å². The number of hydrogen-bond acceptors (Lipinski definition) is 5. The van der Waals surface area contributed by atoms with Crippen molar-refractivity contribution >= 4 is 28.8 Å². The minimum atomic E-state index is -0.728. The Morgan fingerprint density at radius 1 is 1.38 bits per heavy atom. The Labute approximate surface area is 139 Å². The summed E-state index contributed by atoms with van der Waals surface area (Å²) in [7, 11) is 1.94. The van der Waals surface area contributed by atoms with E-state index < -0.39 is 5.92 Å². The first-order valence-electron chi connectivity index (χ1n) is 7.68. The van der Waals surface area contributed by atoms with Gasteiger partial charge in [0.1, 0.15) is 23.5 Å². The van der Waals surface area contributed by atoms with Crippen LogP contribution < -0.4 is 5.32 Å². The second-order valence-electron chi connectivity index (χ2n) is 5.55. The fraction of sp³-hybridized carbons (Fsp3) is 0.222. The van der Waals surface area contributed by atoms with Gasteiger partial charge in [-0.1, -0.05) is 19.1 Å². The number of aryl methyl sites for hydroxylation is 2. The largest absolute Gasteiger partial charge is 0.340 e. The van der Waals surface area contributed by atoms with Gasteiger partial charge in [-0.3, -0.25) is 0 Å². The van der Waals surface area contributed by atoms with Crippen LogP contribution in [-0.2, 0) is 18.3 Å². The highest BCUT2D eigenvalue weighted by Crippen LogP contribution is 2.26. The molecule has 0 amide bonds. The van der Waals surface area contributed by atoms with Crippen LogP contribution in [-0.4, -0.2) is 20.8 Å². The van der Waals surface area contributed by atoms with Crippen LogP contribution in [0.15, 0.2) is 36.8 Å². The monoisotopic (exact) mass is 319 g/mol. The zero-order valence-electron chi connectivity index (χ0n) is 13.5. The van der Waals surface area contributed by atoms with E-state index in [0.29, 0.717) is 11.8 Å². The topological polar surface area (TPSA) is 83.6 Å². The van der Waals surface area contributed by atoms with E-state index in [4.69, 9.17) is 5.26 Å². The second-order valence-corrected chi connectivity index (χ2v) is 5.55. The molecular formula is C18H17N5O. The normalized spacial score (nSPS) is 11.9. The SMILES string of the molecule is CCc1cc(C(C#N)C=O)ccc1Nc1cc2c(cn1)ncn2C. The average molecular weight is 319 g/mol. The quantitative estimate of drug-likeness (QED) is 0.731. The molecule has 0 saturated carbocycles. The number of nitriles is 1. The Morgan fingerprint density at radius 3 is 2.92 bits per heavy atom. The van der Waals surface area contributed by atoms with Crippen molar-refractivity contribution in [1.82, 2.24) is 14.5 Å². The average Bonchev–Trinajstić information content (AvgIpc) is 2.98. The maximum atomic E-state index is 11.0. The smallest absolute Gasteiger partial charge is 0.141 e. The Morgan fingerprint density at radius 2 is 2.21 bits per heavy atom. The fourth-order valence-corrected chi connectivity index (χ4v) is 2.64. The number of anilines is 2. The van der Waals surface area contributed by atoms with Crippen molar-refractivity contribution in [3.8, 4) is 6.07 Å². The van der Waals surface area contributed by atoms with Crippen LogP contribution in [0.1, 0.15) is 24.0 Å². The van der Waals surface area contributed by atoms with Gasteiger partial charge in [-0.25, -0.2) is 9.97 Å². The van der Waals surface area contributed by atoms with Crippen molar-refractivity contribution in [3.05, 3.63) is 47.9 Å². The molecule has 2 aromatic heterocycles. The highest BCUT2D eigenvalue weighted by molar-refractivity contribution is 5.78. The molecule has 1 N–H and O–H groups in total. The van der Waals surface area contributed by atoms with E-state index in [9.17, 15) is 4.79 Å². The predicted octanol–water partition coefficient (Wildman–Crippen LogP) is 3.08. The highest BCUT2D eigenvalue weighted by atomic mass is 16.1. The van der Waals surface area contributed by atoms with E-state index in [-0.39, 0.29) is 0 Å². The van der Waals surface area contributed by atoms with Gasteiger partial charge in [-0.15, -0.1) is 0 Å². The predicted molar refractivity (Wildman–Crippen MR) is 92.0 cm³/mol. The third-order valence-electron chi connectivity index (χ3n) is 4.02. The molecule has 0 radical (unpaired) electrons. The molecule has 0 aliphatic carbocycles. The van der Waals surface area contributed by atoms with E-state index in [1.54, 1.807) is 18.6 Å². The van der Waals surface area contributed by atoms with Gasteiger partial charge in [0.25, 0.3) is 0 Å². The summed E-state index contributed by atoms with van der Waals surface area (Å²) < 4.78 is 1.94. The Kier molecular flexibility index (Phi) is 4.25. The zero-order valence-corrected chi connectivity index (χ0v) is 13.5. The number of hydrogen-bond donors (Lipinski definition) is 1. The highest BCUT2D eigenvalue weighted by Gasteiger charge is 2.12.